The van der Waals surface area contributed by atoms with Gasteiger partial charge < -0.3 is 5.11 Å². The largest absolute Gasteiger partial charge is 0.391 e. The van der Waals surface area contributed by atoms with Crippen LogP contribution in [0.4, 0.5) is 0 Å². The molecule has 0 aliphatic rings. The highest BCUT2D eigenvalue weighted by molar-refractivity contribution is 7.92. The van der Waals surface area contributed by atoms with Gasteiger partial charge in [-0.1, -0.05) is 57.0 Å². The van der Waals surface area contributed by atoms with Crippen molar-refractivity contribution in [2.24, 2.45) is 5.92 Å². The molecule has 4 nitrogen and oxygen atoms in total. The Morgan fingerprint density at radius 2 is 1.80 bits per heavy atom. The van der Waals surface area contributed by atoms with E-state index < -0.39 is 16.1 Å². The second kappa shape index (κ2) is 8.19. The Morgan fingerprint density at radius 1 is 1.20 bits per heavy atom. The van der Waals surface area contributed by atoms with Crippen molar-refractivity contribution in [1.29, 1.82) is 0 Å². The molecule has 5 heteroatoms. The average molecular weight is 297 g/mol. The predicted molar refractivity (Wildman–Crippen MR) is 82.5 cm³/mol. The van der Waals surface area contributed by atoms with Crippen molar-refractivity contribution >= 4 is 16.1 Å². The zero-order chi connectivity index (χ0) is 15.0. The lowest BCUT2D eigenvalue weighted by Crippen LogP contribution is -2.35. The first-order valence-electron chi connectivity index (χ1n) is 6.89. The molecule has 0 bridgehead atoms. The fraction of sp³-hybridized carbons (Fsp3) is 0.467. The predicted octanol–water partition coefficient (Wildman–Crippen LogP) is 2.37. The van der Waals surface area contributed by atoms with E-state index in [9.17, 15) is 13.5 Å². The van der Waals surface area contributed by atoms with Gasteiger partial charge in [0.2, 0.25) is 10.0 Å². The van der Waals surface area contributed by atoms with E-state index in [-0.39, 0.29) is 12.5 Å². The molecule has 112 valence electrons. The highest BCUT2D eigenvalue weighted by Crippen LogP contribution is 2.12. The number of hydrogen-bond donors (Lipinski definition) is 2. The van der Waals surface area contributed by atoms with E-state index >= 15 is 0 Å². The van der Waals surface area contributed by atoms with E-state index in [1.807, 2.05) is 44.2 Å². The van der Waals surface area contributed by atoms with E-state index in [1.54, 1.807) is 0 Å². The molecule has 0 amide bonds. The number of nitrogens with one attached hydrogen (secondary N) is 1. The highest BCUT2D eigenvalue weighted by Gasteiger charge is 2.17. The molecule has 0 saturated heterocycles. The summed E-state index contributed by atoms with van der Waals surface area (Å²) in [5.41, 5.74) is 0.818. The van der Waals surface area contributed by atoms with E-state index in [0.29, 0.717) is 0 Å². The van der Waals surface area contributed by atoms with Gasteiger partial charge in [0.1, 0.15) is 0 Å². The van der Waals surface area contributed by atoms with Crippen LogP contribution in [0.15, 0.2) is 35.7 Å². The maximum Gasteiger partial charge on any atom is 0.233 e. The molecule has 1 rings (SSSR count). The van der Waals surface area contributed by atoms with Gasteiger partial charge in [0.15, 0.2) is 0 Å². The van der Waals surface area contributed by atoms with Crippen LogP contribution in [0.25, 0.3) is 6.08 Å². The molecule has 0 fully saturated rings. The van der Waals surface area contributed by atoms with Crippen molar-refractivity contribution in [3.8, 4) is 0 Å². The van der Waals surface area contributed by atoms with E-state index in [2.05, 4.69) is 4.72 Å². The van der Waals surface area contributed by atoms with Crippen molar-refractivity contribution in [2.45, 2.75) is 32.8 Å². The maximum atomic E-state index is 11.8. The van der Waals surface area contributed by atoms with Crippen LogP contribution in [0.1, 0.15) is 32.3 Å². The summed E-state index contributed by atoms with van der Waals surface area (Å²) in [6.45, 7) is 4.02. The van der Waals surface area contributed by atoms with Crippen LogP contribution in [0.3, 0.4) is 0 Å². The molecule has 1 unspecified atom stereocenters. The topological polar surface area (TPSA) is 66.4 Å². The summed E-state index contributed by atoms with van der Waals surface area (Å²) in [4.78, 5) is 0. The molecule has 0 spiro atoms. The van der Waals surface area contributed by atoms with Gasteiger partial charge in [-0.05, 0) is 17.6 Å². The summed E-state index contributed by atoms with van der Waals surface area (Å²) in [6, 6.07) is 9.21. The van der Waals surface area contributed by atoms with Crippen molar-refractivity contribution in [1.82, 2.24) is 4.72 Å². The minimum atomic E-state index is -3.52. The molecule has 0 aliphatic carbocycles. The first kappa shape index (κ1) is 16.9. The highest BCUT2D eigenvalue weighted by atomic mass is 32.2. The Kier molecular flexibility index (Phi) is 6.91. The molecular formula is C15H23NO3S. The molecule has 1 atom stereocenters. The molecule has 0 aliphatic heterocycles. The van der Waals surface area contributed by atoms with Gasteiger partial charge in [-0.3, -0.25) is 0 Å². The summed E-state index contributed by atoms with van der Waals surface area (Å²) < 4.78 is 26.0. The summed E-state index contributed by atoms with van der Waals surface area (Å²) in [6.07, 6.45) is 2.55. The Labute approximate surface area is 121 Å². The van der Waals surface area contributed by atoms with Crippen LogP contribution in [-0.2, 0) is 10.0 Å². The lowest BCUT2D eigenvalue weighted by Gasteiger charge is -2.19. The lowest BCUT2D eigenvalue weighted by atomic mass is 9.97. The van der Waals surface area contributed by atoms with Crippen LogP contribution in [-0.4, -0.2) is 26.2 Å². The van der Waals surface area contributed by atoms with Crippen LogP contribution >= 0.6 is 0 Å². The normalized spacial score (nSPS) is 14.0. The first-order chi connectivity index (χ1) is 9.48. The molecule has 0 aromatic heterocycles. The fourth-order valence-corrected chi connectivity index (χ4v) is 2.82. The zero-order valence-corrected chi connectivity index (χ0v) is 12.8. The average Bonchev–Trinajstić information content (AvgIpc) is 2.46. The van der Waals surface area contributed by atoms with Gasteiger partial charge in [-0.25, -0.2) is 13.1 Å². The standard InChI is InChI=1S/C15H23NO3S/c1-3-14(4-2)15(17)12-16-20(18,19)11-10-13-8-6-5-7-9-13/h5-11,14-17H,3-4,12H2,1-2H3/b11-10+. The Morgan fingerprint density at radius 3 is 2.35 bits per heavy atom. The number of hydrogen-bond acceptors (Lipinski definition) is 3. The maximum absolute atomic E-state index is 11.8. The number of sulfonamides is 1. The Bertz CT molecular complexity index is 507. The summed E-state index contributed by atoms with van der Waals surface area (Å²) >= 11 is 0. The minimum absolute atomic E-state index is 0.0494. The lowest BCUT2D eigenvalue weighted by molar-refractivity contribution is 0.107. The Hall–Kier alpha value is -1.17. The van der Waals surface area contributed by atoms with E-state index in [0.717, 1.165) is 23.8 Å². The van der Waals surface area contributed by atoms with Crippen LogP contribution < -0.4 is 4.72 Å². The third kappa shape index (κ3) is 5.86. The molecule has 0 radical (unpaired) electrons. The molecule has 20 heavy (non-hydrogen) atoms. The summed E-state index contributed by atoms with van der Waals surface area (Å²) in [5.74, 6) is 0.121. The molecule has 0 saturated carbocycles. The van der Waals surface area contributed by atoms with Crippen LogP contribution in [0.5, 0.6) is 0 Å². The molecule has 1 aromatic carbocycles. The molecule has 1 aromatic rings. The van der Waals surface area contributed by atoms with Crippen LogP contribution in [0, 0.1) is 5.92 Å². The van der Waals surface area contributed by atoms with Gasteiger partial charge in [0.25, 0.3) is 0 Å². The number of aliphatic hydroxyl groups is 1. The molecule has 0 heterocycles. The molecular weight excluding hydrogens is 274 g/mol. The van der Waals surface area contributed by atoms with Gasteiger partial charge in [-0.2, -0.15) is 0 Å². The zero-order valence-electron chi connectivity index (χ0n) is 12.0. The van der Waals surface area contributed by atoms with Crippen molar-refractivity contribution in [2.75, 3.05) is 6.54 Å². The number of rotatable bonds is 8. The third-order valence-corrected chi connectivity index (χ3v) is 4.39. The third-order valence-electron chi connectivity index (χ3n) is 3.33. The number of benzene rings is 1. The Balaban J connectivity index is 2.56. The smallest absolute Gasteiger partial charge is 0.233 e. The monoisotopic (exact) mass is 297 g/mol. The van der Waals surface area contributed by atoms with E-state index in [4.69, 9.17) is 0 Å². The van der Waals surface area contributed by atoms with Gasteiger partial charge in [0.05, 0.1) is 6.10 Å². The van der Waals surface area contributed by atoms with E-state index in [1.165, 1.54) is 6.08 Å². The van der Waals surface area contributed by atoms with Crippen molar-refractivity contribution in [3.63, 3.8) is 0 Å². The SMILES string of the molecule is CCC(CC)C(O)CNS(=O)(=O)/C=C/c1ccccc1. The van der Waals surface area contributed by atoms with Crippen molar-refractivity contribution < 1.29 is 13.5 Å². The van der Waals surface area contributed by atoms with Gasteiger partial charge in [-0.15, -0.1) is 0 Å². The molecule has 2 N–H and O–H groups in total. The van der Waals surface area contributed by atoms with Crippen molar-refractivity contribution in [3.05, 3.63) is 41.3 Å². The summed E-state index contributed by atoms with van der Waals surface area (Å²) in [5, 5.41) is 11.0. The summed E-state index contributed by atoms with van der Waals surface area (Å²) in [7, 11) is -3.52. The first-order valence-corrected chi connectivity index (χ1v) is 8.44. The number of aliphatic hydroxyl groups excluding tert-OH is 1. The van der Waals surface area contributed by atoms with Gasteiger partial charge >= 0.3 is 0 Å². The van der Waals surface area contributed by atoms with Crippen LogP contribution in [0.2, 0.25) is 0 Å². The van der Waals surface area contributed by atoms with Gasteiger partial charge in [0, 0.05) is 12.0 Å². The second-order valence-electron chi connectivity index (χ2n) is 4.75. The second-order valence-corrected chi connectivity index (χ2v) is 6.40. The minimum Gasteiger partial charge on any atom is -0.391 e. The fourth-order valence-electron chi connectivity index (χ4n) is 1.98. The quantitative estimate of drug-likeness (QED) is 0.774.